The summed E-state index contributed by atoms with van der Waals surface area (Å²) in [5.41, 5.74) is 8.22. The first kappa shape index (κ1) is 18.1. The number of primary amides is 1. The molecule has 0 saturated heterocycles. The Hall–Kier alpha value is -2.29. The van der Waals surface area contributed by atoms with Gasteiger partial charge in [0, 0.05) is 13.1 Å². The molecule has 2 aromatic rings. The number of aryl methyl sites for hydroxylation is 2. The first-order chi connectivity index (χ1) is 11.8. The number of hydrogen-bond donors (Lipinski definition) is 1. The molecule has 0 aliphatic heterocycles. The lowest BCUT2D eigenvalue weighted by Crippen LogP contribution is -2.37. The minimum atomic E-state index is -0.297. The fraction of sp³-hybridized carbons (Fsp3) is 0.381. The van der Waals surface area contributed by atoms with Gasteiger partial charge in [-0.15, -0.1) is 0 Å². The van der Waals surface area contributed by atoms with Gasteiger partial charge in [-0.3, -0.25) is 0 Å². The molecule has 0 aliphatic carbocycles. The average molecular weight is 324 g/mol. The minimum absolute atomic E-state index is 0.297. The highest BCUT2D eigenvalue weighted by atomic mass is 16.2. The van der Waals surface area contributed by atoms with Crippen LogP contribution in [0.2, 0.25) is 0 Å². The summed E-state index contributed by atoms with van der Waals surface area (Å²) < 4.78 is 0. The van der Waals surface area contributed by atoms with E-state index in [4.69, 9.17) is 5.73 Å². The lowest BCUT2D eigenvalue weighted by Gasteiger charge is -2.20. The monoisotopic (exact) mass is 324 g/mol. The second kappa shape index (κ2) is 10.5. The molecule has 0 spiro atoms. The van der Waals surface area contributed by atoms with Gasteiger partial charge in [-0.05, 0) is 49.7 Å². The zero-order chi connectivity index (χ0) is 17.0. The van der Waals surface area contributed by atoms with Crippen LogP contribution in [0.15, 0.2) is 60.7 Å². The highest BCUT2D eigenvalue weighted by molar-refractivity contribution is 5.71. The van der Waals surface area contributed by atoms with Crippen molar-refractivity contribution < 1.29 is 4.79 Å². The summed E-state index contributed by atoms with van der Waals surface area (Å²) in [6, 6.07) is 20.6. The van der Waals surface area contributed by atoms with Crippen molar-refractivity contribution >= 4 is 6.03 Å². The molecule has 24 heavy (non-hydrogen) atoms. The summed E-state index contributed by atoms with van der Waals surface area (Å²) in [5, 5.41) is 0. The van der Waals surface area contributed by atoms with E-state index in [2.05, 4.69) is 48.5 Å². The number of benzene rings is 2. The lowest BCUT2D eigenvalue weighted by molar-refractivity contribution is 0.205. The zero-order valence-corrected chi connectivity index (χ0v) is 14.4. The van der Waals surface area contributed by atoms with Gasteiger partial charge in [-0.1, -0.05) is 60.7 Å². The summed E-state index contributed by atoms with van der Waals surface area (Å²) in [6.07, 6.45) is 6.27. The van der Waals surface area contributed by atoms with Gasteiger partial charge < -0.3 is 10.6 Å². The van der Waals surface area contributed by atoms with E-state index in [1.165, 1.54) is 11.1 Å². The van der Waals surface area contributed by atoms with Gasteiger partial charge in [-0.2, -0.15) is 0 Å². The van der Waals surface area contributed by atoms with Crippen LogP contribution in [0.1, 0.15) is 36.8 Å². The number of unbranched alkanes of at least 4 members (excludes halogenated alkanes) is 2. The van der Waals surface area contributed by atoms with Crippen LogP contribution in [0.5, 0.6) is 0 Å². The van der Waals surface area contributed by atoms with Gasteiger partial charge >= 0.3 is 6.03 Å². The number of amides is 2. The van der Waals surface area contributed by atoms with E-state index < -0.39 is 0 Å². The summed E-state index contributed by atoms with van der Waals surface area (Å²) in [7, 11) is 0. The molecular weight excluding hydrogens is 296 g/mol. The number of hydrogen-bond acceptors (Lipinski definition) is 1. The average Bonchev–Trinajstić information content (AvgIpc) is 2.62. The minimum Gasteiger partial charge on any atom is -0.351 e. The van der Waals surface area contributed by atoms with Crippen molar-refractivity contribution in [3.05, 3.63) is 71.8 Å². The van der Waals surface area contributed by atoms with Gasteiger partial charge in [0.25, 0.3) is 0 Å². The summed E-state index contributed by atoms with van der Waals surface area (Å²) in [5.74, 6) is 0. The first-order valence-corrected chi connectivity index (χ1v) is 8.88. The van der Waals surface area contributed by atoms with Gasteiger partial charge in [0.2, 0.25) is 0 Å². The largest absolute Gasteiger partial charge is 0.351 e. The molecular formula is C21H28N2O. The van der Waals surface area contributed by atoms with Crippen LogP contribution in [0.25, 0.3) is 0 Å². The van der Waals surface area contributed by atoms with Crippen molar-refractivity contribution in [2.75, 3.05) is 13.1 Å². The normalized spacial score (nSPS) is 10.5. The maximum absolute atomic E-state index is 11.6. The molecule has 0 radical (unpaired) electrons. The van der Waals surface area contributed by atoms with Gasteiger partial charge in [0.05, 0.1) is 0 Å². The smallest absolute Gasteiger partial charge is 0.314 e. The Kier molecular flexibility index (Phi) is 7.88. The number of carbonyl (C=O) groups is 1. The Bertz CT molecular complexity index is 536. The molecule has 0 bridgehead atoms. The van der Waals surface area contributed by atoms with E-state index in [0.29, 0.717) is 0 Å². The van der Waals surface area contributed by atoms with E-state index in [1.807, 2.05) is 12.1 Å². The third-order valence-corrected chi connectivity index (χ3v) is 4.28. The van der Waals surface area contributed by atoms with Crippen molar-refractivity contribution in [3.63, 3.8) is 0 Å². The summed E-state index contributed by atoms with van der Waals surface area (Å²) >= 11 is 0. The Morgan fingerprint density at radius 2 is 1.12 bits per heavy atom. The molecule has 2 amide bonds. The second-order valence-corrected chi connectivity index (χ2v) is 6.21. The van der Waals surface area contributed by atoms with Crippen LogP contribution >= 0.6 is 0 Å². The molecule has 0 heterocycles. The summed E-state index contributed by atoms with van der Waals surface area (Å²) in [6.45, 7) is 1.51. The Labute approximate surface area is 145 Å². The predicted molar refractivity (Wildman–Crippen MR) is 99.9 cm³/mol. The van der Waals surface area contributed by atoms with Gasteiger partial charge in [0.15, 0.2) is 0 Å². The van der Waals surface area contributed by atoms with Crippen LogP contribution < -0.4 is 5.73 Å². The molecule has 0 unspecified atom stereocenters. The van der Waals surface area contributed by atoms with E-state index in [9.17, 15) is 4.79 Å². The van der Waals surface area contributed by atoms with Crippen LogP contribution in [0.3, 0.4) is 0 Å². The molecule has 3 heteroatoms. The number of nitrogens with two attached hydrogens (primary N) is 1. The third-order valence-electron chi connectivity index (χ3n) is 4.28. The fourth-order valence-electron chi connectivity index (χ4n) is 2.89. The molecule has 2 aromatic carbocycles. The Morgan fingerprint density at radius 1 is 0.708 bits per heavy atom. The topological polar surface area (TPSA) is 46.3 Å². The molecule has 0 aromatic heterocycles. The number of nitrogens with zero attached hydrogens (tertiary/aromatic N) is 1. The van der Waals surface area contributed by atoms with Crippen LogP contribution in [0.4, 0.5) is 4.79 Å². The third kappa shape index (κ3) is 6.86. The highest BCUT2D eigenvalue weighted by Gasteiger charge is 2.08. The Morgan fingerprint density at radius 3 is 1.50 bits per heavy atom. The number of urea groups is 1. The second-order valence-electron chi connectivity index (χ2n) is 6.21. The predicted octanol–water partition coefficient (Wildman–Crippen LogP) is 4.41. The SMILES string of the molecule is NC(=O)N(CCCCc1ccccc1)CCCCc1ccccc1. The molecule has 2 rings (SSSR count). The standard InChI is InChI=1S/C21H28N2O/c22-21(24)23(17-9-7-15-19-11-3-1-4-12-19)18-10-8-16-20-13-5-2-6-14-20/h1-6,11-14H,7-10,15-18H2,(H2,22,24). The van der Waals surface area contributed by atoms with Crippen molar-refractivity contribution in [2.24, 2.45) is 5.73 Å². The van der Waals surface area contributed by atoms with E-state index in [0.717, 1.165) is 51.6 Å². The van der Waals surface area contributed by atoms with Gasteiger partial charge in [-0.25, -0.2) is 4.79 Å². The van der Waals surface area contributed by atoms with Crippen LogP contribution in [-0.4, -0.2) is 24.0 Å². The molecule has 3 nitrogen and oxygen atoms in total. The van der Waals surface area contributed by atoms with Crippen molar-refractivity contribution in [1.82, 2.24) is 4.90 Å². The molecule has 0 atom stereocenters. The fourth-order valence-corrected chi connectivity index (χ4v) is 2.89. The highest BCUT2D eigenvalue weighted by Crippen LogP contribution is 2.08. The van der Waals surface area contributed by atoms with E-state index in [-0.39, 0.29) is 6.03 Å². The molecule has 0 aliphatic rings. The van der Waals surface area contributed by atoms with E-state index in [1.54, 1.807) is 4.90 Å². The maximum atomic E-state index is 11.6. The molecule has 0 saturated carbocycles. The first-order valence-electron chi connectivity index (χ1n) is 8.88. The van der Waals surface area contributed by atoms with E-state index >= 15 is 0 Å². The molecule has 2 N–H and O–H groups in total. The number of carbonyl (C=O) groups excluding carboxylic acids is 1. The number of rotatable bonds is 10. The zero-order valence-electron chi connectivity index (χ0n) is 14.4. The van der Waals surface area contributed by atoms with Crippen molar-refractivity contribution in [2.45, 2.75) is 38.5 Å². The lowest BCUT2D eigenvalue weighted by atomic mass is 10.1. The maximum Gasteiger partial charge on any atom is 0.314 e. The molecule has 128 valence electrons. The van der Waals surface area contributed by atoms with Crippen molar-refractivity contribution in [3.8, 4) is 0 Å². The molecule has 0 fully saturated rings. The van der Waals surface area contributed by atoms with Crippen molar-refractivity contribution in [1.29, 1.82) is 0 Å². The van der Waals surface area contributed by atoms with Crippen LogP contribution in [-0.2, 0) is 12.8 Å². The Balaban J connectivity index is 1.61. The van der Waals surface area contributed by atoms with Crippen LogP contribution in [0, 0.1) is 0 Å². The summed E-state index contributed by atoms with van der Waals surface area (Å²) in [4.78, 5) is 13.4. The quantitative estimate of drug-likeness (QED) is 0.646. The van der Waals surface area contributed by atoms with Gasteiger partial charge in [0.1, 0.15) is 0 Å².